The summed E-state index contributed by atoms with van der Waals surface area (Å²) in [5.74, 6) is -3.06. The highest BCUT2D eigenvalue weighted by molar-refractivity contribution is 6.74. The second-order valence-corrected chi connectivity index (χ2v) is 16.2. The van der Waals surface area contributed by atoms with Crippen molar-refractivity contribution in [3.63, 3.8) is 0 Å². The summed E-state index contributed by atoms with van der Waals surface area (Å²) in [6, 6.07) is 6.94. The van der Waals surface area contributed by atoms with E-state index in [-0.39, 0.29) is 5.04 Å². The topological polar surface area (TPSA) is 162 Å². The highest BCUT2D eigenvalue weighted by Gasteiger charge is 2.53. The summed E-state index contributed by atoms with van der Waals surface area (Å²) >= 11 is 0. The van der Waals surface area contributed by atoms with Crippen LogP contribution in [0.5, 0.6) is 0 Å². The van der Waals surface area contributed by atoms with Gasteiger partial charge in [0.25, 0.3) is 0 Å². The van der Waals surface area contributed by atoms with Crippen LogP contribution in [0.3, 0.4) is 0 Å². The van der Waals surface area contributed by atoms with E-state index in [1.54, 1.807) is 24.3 Å². The van der Waals surface area contributed by atoms with Crippen molar-refractivity contribution in [2.75, 3.05) is 11.9 Å². The summed E-state index contributed by atoms with van der Waals surface area (Å²) < 4.78 is 38.4. The fourth-order valence-electron chi connectivity index (χ4n) is 3.70. The third-order valence-corrected chi connectivity index (χ3v) is 11.3. The molecule has 1 amide bonds. The van der Waals surface area contributed by atoms with Gasteiger partial charge in [0, 0.05) is 33.4 Å². The minimum absolute atomic E-state index is 0.0628. The molecule has 0 aromatic heterocycles. The van der Waals surface area contributed by atoms with E-state index in [9.17, 15) is 24.0 Å². The number of ether oxygens (including phenoxy) is 6. The Labute approximate surface area is 246 Å². The van der Waals surface area contributed by atoms with E-state index in [2.05, 4.69) is 39.2 Å². The fourth-order valence-corrected chi connectivity index (χ4v) is 4.66. The number of rotatable bonds is 10. The lowest BCUT2D eigenvalue weighted by atomic mass is 9.98. The van der Waals surface area contributed by atoms with Gasteiger partial charge in [0.1, 0.15) is 12.7 Å². The lowest BCUT2D eigenvalue weighted by Gasteiger charge is -2.43. The molecular weight excluding hydrogens is 570 g/mol. The zero-order chi connectivity index (χ0) is 31.8. The Balaban J connectivity index is 2.23. The predicted molar refractivity (Wildman–Crippen MR) is 150 cm³/mol. The molecule has 0 unspecified atom stereocenters. The third kappa shape index (κ3) is 10.4. The first-order valence-electron chi connectivity index (χ1n) is 13.4. The SMILES string of the molecule is CC(=O)OC[C@H]1O[C@@H](OC(=O)Nc2ccc(CO[Si](C)(C)C(C)(C)C)cc2)[C@H](OC(C)=O)[C@@H](OC(C)=O)[C@@H]1OC(C)=O. The number of hydrogen-bond donors (Lipinski definition) is 1. The Kier molecular flexibility index (Phi) is 12.1. The first kappa shape index (κ1) is 34.7. The lowest BCUT2D eigenvalue weighted by molar-refractivity contribution is -0.293. The molecule has 5 atom stereocenters. The van der Waals surface area contributed by atoms with Gasteiger partial charge in [-0.2, -0.15) is 0 Å². The number of carbonyl (C=O) groups excluding carboxylic acids is 5. The number of esters is 4. The quantitative estimate of drug-likeness (QED) is 0.231. The molecule has 234 valence electrons. The number of benzene rings is 1. The van der Waals surface area contributed by atoms with Gasteiger partial charge in [0.2, 0.25) is 12.4 Å². The molecule has 1 aromatic rings. The van der Waals surface area contributed by atoms with E-state index >= 15 is 0 Å². The van der Waals surface area contributed by atoms with Crippen molar-refractivity contribution in [1.29, 1.82) is 0 Å². The van der Waals surface area contributed by atoms with Crippen LogP contribution in [0.1, 0.15) is 54.0 Å². The van der Waals surface area contributed by atoms with Gasteiger partial charge >= 0.3 is 30.0 Å². The Morgan fingerprint density at radius 1 is 0.786 bits per heavy atom. The Bertz CT molecular complexity index is 1130. The van der Waals surface area contributed by atoms with Gasteiger partial charge in [0.15, 0.2) is 20.5 Å². The van der Waals surface area contributed by atoms with Gasteiger partial charge < -0.3 is 32.8 Å². The smallest absolute Gasteiger partial charge is 0.414 e. The standard InChI is InChI=1S/C28H41NO12Si/c1-16(30)35-15-22-23(37-17(2)31)24(38-18(3)32)25(39-19(4)33)26(40-22)41-27(34)29-21-12-10-20(11-13-21)14-36-42(8,9)28(5,6)7/h10-13,22-26H,14-15H2,1-9H3,(H,29,34)/t22-,23-,24+,25-,26+/m1/s1. The van der Waals surface area contributed by atoms with Gasteiger partial charge in [-0.15, -0.1) is 0 Å². The lowest BCUT2D eigenvalue weighted by Crippen LogP contribution is -2.63. The first-order chi connectivity index (χ1) is 19.4. The molecule has 14 heteroatoms. The molecule has 1 aromatic carbocycles. The van der Waals surface area contributed by atoms with Crippen LogP contribution >= 0.6 is 0 Å². The van der Waals surface area contributed by atoms with Crippen LogP contribution in [0, 0.1) is 0 Å². The van der Waals surface area contributed by atoms with Crippen molar-refractivity contribution in [2.45, 2.75) is 104 Å². The van der Waals surface area contributed by atoms with E-state index < -0.39 is 75.6 Å². The number of hydrogen-bond acceptors (Lipinski definition) is 12. The van der Waals surface area contributed by atoms with Crippen LogP contribution in [0.15, 0.2) is 24.3 Å². The summed E-state index contributed by atoms with van der Waals surface area (Å²) in [5, 5.41) is 2.62. The van der Waals surface area contributed by atoms with E-state index in [1.165, 1.54) is 0 Å². The van der Waals surface area contributed by atoms with E-state index in [0.717, 1.165) is 33.3 Å². The second-order valence-electron chi connectivity index (χ2n) is 11.3. The fraction of sp³-hybridized carbons (Fsp3) is 0.607. The Hall–Kier alpha value is -3.49. The van der Waals surface area contributed by atoms with Crippen molar-refractivity contribution in [1.82, 2.24) is 0 Å². The van der Waals surface area contributed by atoms with Crippen LogP contribution in [0.25, 0.3) is 0 Å². The molecule has 1 N–H and O–H groups in total. The number of nitrogens with one attached hydrogen (secondary N) is 1. The zero-order valence-corrected chi connectivity index (χ0v) is 26.5. The van der Waals surface area contributed by atoms with Gasteiger partial charge in [-0.25, -0.2) is 4.79 Å². The molecule has 1 aliphatic heterocycles. The summed E-state index contributed by atoms with van der Waals surface area (Å²) in [6.07, 6.45) is -8.21. The van der Waals surface area contributed by atoms with Crippen LogP contribution in [-0.2, 0) is 58.6 Å². The van der Waals surface area contributed by atoms with Crippen LogP contribution < -0.4 is 5.32 Å². The van der Waals surface area contributed by atoms with Gasteiger partial charge in [-0.1, -0.05) is 32.9 Å². The first-order valence-corrected chi connectivity index (χ1v) is 16.3. The highest BCUT2D eigenvalue weighted by Crippen LogP contribution is 2.37. The molecule has 0 aliphatic carbocycles. The van der Waals surface area contributed by atoms with Crippen molar-refractivity contribution in [3.8, 4) is 0 Å². The minimum atomic E-state index is -1.95. The minimum Gasteiger partial charge on any atom is -0.463 e. The summed E-state index contributed by atoms with van der Waals surface area (Å²) in [4.78, 5) is 60.1. The molecule has 0 bridgehead atoms. The van der Waals surface area contributed by atoms with Gasteiger partial charge in [0.05, 0.1) is 6.61 Å². The van der Waals surface area contributed by atoms with Crippen LogP contribution in [0.4, 0.5) is 10.5 Å². The molecule has 1 fully saturated rings. The average molecular weight is 612 g/mol. The highest BCUT2D eigenvalue weighted by atomic mass is 28.4. The third-order valence-electron chi connectivity index (χ3n) is 6.78. The second kappa shape index (κ2) is 14.6. The Morgan fingerprint density at radius 2 is 1.31 bits per heavy atom. The van der Waals surface area contributed by atoms with E-state index in [1.807, 2.05) is 0 Å². The molecule has 0 spiro atoms. The molecule has 2 rings (SSSR count). The zero-order valence-electron chi connectivity index (χ0n) is 25.5. The molecule has 1 aliphatic rings. The van der Waals surface area contributed by atoms with E-state index in [4.69, 9.17) is 32.8 Å². The summed E-state index contributed by atoms with van der Waals surface area (Å²) in [6.45, 7) is 15.2. The van der Waals surface area contributed by atoms with Crippen LogP contribution in [-0.4, -0.2) is 75.6 Å². The maximum atomic E-state index is 12.9. The summed E-state index contributed by atoms with van der Waals surface area (Å²) in [5.41, 5.74) is 1.31. The maximum Gasteiger partial charge on any atom is 0.414 e. The molecule has 42 heavy (non-hydrogen) atoms. The van der Waals surface area contributed by atoms with Crippen molar-refractivity contribution in [2.24, 2.45) is 0 Å². The average Bonchev–Trinajstić information content (AvgIpc) is 2.84. The van der Waals surface area contributed by atoms with Gasteiger partial charge in [-0.3, -0.25) is 24.5 Å². The molecule has 0 radical (unpaired) electrons. The molecular formula is C28H41NO12Si. The maximum absolute atomic E-state index is 12.9. The monoisotopic (exact) mass is 611 g/mol. The predicted octanol–water partition coefficient (Wildman–Crippen LogP) is 3.84. The molecule has 1 heterocycles. The van der Waals surface area contributed by atoms with Crippen molar-refractivity contribution < 1.29 is 56.8 Å². The summed E-state index contributed by atoms with van der Waals surface area (Å²) in [7, 11) is -1.95. The van der Waals surface area contributed by atoms with Crippen molar-refractivity contribution in [3.05, 3.63) is 29.8 Å². The number of amides is 1. The van der Waals surface area contributed by atoms with E-state index in [0.29, 0.717) is 12.3 Å². The number of carbonyl (C=O) groups is 5. The van der Waals surface area contributed by atoms with Crippen molar-refractivity contribution >= 4 is 44.0 Å². The van der Waals surface area contributed by atoms with Crippen LogP contribution in [0.2, 0.25) is 18.1 Å². The normalized spacial score (nSPS) is 22.4. The van der Waals surface area contributed by atoms with Gasteiger partial charge in [-0.05, 0) is 35.8 Å². The largest absolute Gasteiger partial charge is 0.463 e. The molecule has 13 nitrogen and oxygen atoms in total. The molecule has 1 saturated heterocycles. The number of anilines is 1. The Morgan fingerprint density at radius 3 is 1.81 bits per heavy atom. The molecule has 0 saturated carbocycles.